The largest absolute Gasteiger partial charge is 0.352 e. The topological polar surface area (TPSA) is 59.3 Å². The molecular formula is C19H15FN4OS2. The third-order valence-corrected chi connectivity index (χ3v) is 6.68. The number of rotatable bonds is 5. The molecule has 0 bridgehead atoms. The Kier molecular flexibility index (Phi) is 4.09. The number of hydrogen-bond donors (Lipinski definition) is 1. The monoisotopic (exact) mass is 398 g/mol. The zero-order chi connectivity index (χ0) is 18.4. The summed E-state index contributed by atoms with van der Waals surface area (Å²) in [7, 11) is 0. The van der Waals surface area contributed by atoms with Gasteiger partial charge in [-0.2, -0.15) is 0 Å². The van der Waals surface area contributed by atoms with Gasteiger partial charge in [0.1, 0.15) is 11.1 Å². The van der Waals surface area contributed by atoms with Crippen LogP contribution in [0.4, 0.5) is 4.39 Å². The number of halogens is 1. The molecule has 0 aliphatic heterocycles. The SMILES string of the molecule is O=C(NC1CC1)C(Sc1nnc2sc3ccccc3n12)c1ccc(F)cc1. The summed E-state index contributed by atoms with van der Waals surface area (Å²) in [5, 5.41) is 11.8. The fourth-order valence-corrected chi connectivity index (χ4v) is 5.03. The van der Waals surface area contributed by atoms with Crippen LogP contribution in [-0.4, -0.2) is 26.5 Å². The maximum Gasteiger partial charge on any atom is 0.238 e. The molecule has 1 amide bonds. The van der Waals surface area contributed by atoms with E-state index in [1.165, 1.54) is 23.9 Å². The first-order valence-electron chi connectivity index (χ1n) is 8.64. The molecule has 5 nitrogen and oxygen atoms in total. The van der Waals surface area contributed by atoms with Crippen LogP contribution in [0.1, 0.15) is 23.7 Å². The number of benzene rings is 2. The van der Waals surface area contributed by atoms with Gasteiger partial charge in [-0.3, -0.25) is 9.20 Å². The van der Waals surface area contributed by atoms with E-state index in [4.69, 9.17) is 0 Å². The van der Waals surface area contributed by atoms with E-state index in [0.717, 1.165) is 33.6 Å². The molecule has 0 saturated heterocycles. The lowest BCUT2D eigenvalue weighted by molar-refractivity contribution is -0.120. The molecule has 2 heterocycles. The molecule has 1 fully saturated rings. The Morgan fingerprint density at radius 2 is 1.96 bits per heavy atom. The number of aromatic nitrogens is 3. The summed E-state index contributed by atoms with van der Waals surface area (Å²) >= 11 is 2.90. The van der Waals surface area contributed by atoms with Crippen LogP contribution in [0.25, 0.3) is 15.2 Å². The van der Waals surface area contributed by atoms with Gasteiger partial charge in [0.05, 0.1) is 10.2 Å². The lowest BCUT2D eigenvalue weighted by Crippen LogP contribution is -2.29. The van der Waals surface area contributed by atoms with Gasteiger partial charge in [-0.05, 0) is 42.7 Å². The fraction of sp³-hybridized carbons (Fsp3) is 0.211. The van der Waals surface area contributed by atoms with E-state index in [1.54, 1.807) is 23.5 Å². The Labute approximate surface area is 162 Å². The van der Waals surface area contributed by atoms with E-state index in [1.807, 2.05) is 28.7 Å². The van der Waals surface area contributed by atoms with E-state index in [0.29, 0.717) is 5.16 Å². The standard InChI is InChI=1S/C19H15FN4OS2/c20-12-7-5-11(6-8-12)16(17(25)21-13-9-10-13)27-19-23-22-18-24(19)14-3-1-2-4-15(14)26-18/h1-8,13,16H,9-10H2,(H,21,25). The van der Waals surface area contributed by atoms with Crippen LogP contribution in [0, 0.1) is 5.82 Å². The number of carbonyl (C=O) groups is 1. The van der Waals surface area contributed by atoms with Gasteiger partial charge in [-0.25, -0.2) is 4.39 Å². The molecule has 27 heavy (non-hydrogen) atoms. The van der Waals surface area contributed by atoms with Crippen molar-refractivity contribution in [3.8, 4) is 0 Å². The lowest BCUT2D eigenvalue weighted by Gasteiger charge is -2.16. The molecule has 1 aliphatic carbocycles. The summed E-state index contributed by atoms with van der Waals surface area (Å²) in [6.07, 6.45) is 2.02. The highest BCUT2D eigenvalue weighted by Gasteiger charge is 2.30. The van der Waals surface area contributed by atoms with Gasteiger partial charge in [-0.1, -0.05) is 47.4 Å². The number of amides is 1. The first-order chi connectivity index (χ1) is 13.2. The first-order valence-corrected chi connectivity index (χ1v) is 10.3. The van der Waals surface area contributed by atoms with Gasteiger partial charge in [0, 0.05) is 6.04 Å². The van der Waals surface area contributed by atoms with Crippen molar-refractivity contribution in [1.29, 1.82) is 0 Å². The van der Waals surface area contributed by atoms with Crippen LogP contribution in [0.3, 0.4) is 0 Å². The molecule has 5 rings (SSSR count). The Balaban J connectivity index is 1.55. The second kappa shape index (κ2) is 6.61. The molecule has 8 heteroatoms. The second-order valence-corrected chi connectivity index (χ2v) is 8.58. The van der Waals surface area contributed by atoms with Crippen LogP contribution in [0.2, 0.25) is 0 Å². The van der Waals surface area contributed by atoms with Crippen molar-refractivity contribution in [2.75, 3.05) is 0 Å². The Bertz CT molecular complexity index is 1130. The van der Waals surface area contributed by atoms with Gasteiger partial charge in [0.2, 0.25) is 10.9 Å². The molecule has 2 aromatic carbocycles. The smallest absolute Gasteiger partial charge is 0.238 e. The average molecular weight is 398 g/mol. The first kappa shape index (κ1) is 16.7. The van der Waals surface area contributed by atoms with E-state index < -0.39 is 5.25 Å². The summed E-state index contributed by atoms with van der Waals surface area (Å²) in [6, 6.07) is 14.3. The minimum absolute atomic E-state index is 0.0783. The van der Waals surface area contributed by atoms with Crippen molar-refractivity contribution >= 4 is 44.2 Å². The van der Waals surface area contributed by atoms with Gasteiger partial charge in [-0.15, -0.1) is 10.2 Å². The molecular weight excluding hydrogens is 383 g/mol. The zero-order valence-electron chi connectivity index (χ0n) is 14.1. The van der Waals surface area contributed by atoms with Crippen molar-refractivity contribution in [3.05, 3.63) is 59.9 Å². The summed E-state index contributed by atoms with van der Waals surface area (Å²) in [5.41, 5.74) is 1.77. The van der Waals surface area contributed by atoms with Gasteiger partial charge in [0.15, 0.2) is 5.16 Å². The molecule has 2 aromatic heterocycles. The van der Waals surface area contributed by atoms with Crippen molar-refractivity contribution < 1.29 is 9.18 Å². The molecule has 0 radical (unpaired) electrons. The van der Waals surface area contributed by atoms with Gasteiger partial charge in [0.25, 0.3) is 0 Å². The summed E-state index contributed by atoms with van der Waals surface area (Å²) < 4.78 is 16.5. The highest BCUT2D eigenvalue weighted by Crippen LogP contribution is 2.38. The summed E-state index contributed by atoms with van der Waals surface area (Å²) in [4.78, 5) is 13.7. The Morgan fingerprint density at radius 3 is 2.74 bits per heavy atom. The van der Waals surface area contributed by atoms with Crippen LogP contribution in [-0.2, 0) is 4.79 Å². The number of para-hydroxylation sites is 1. The minimum Gasteiger partial charge on any atom is -0.352 e. The highest BCUT2D eigenvalue weighted by atomic mass is 32.2. The summed E-state index contributed by atoms with van der Waals surface area (Å²) in [6.45, 7) is 0. The Morgan fingerprint density at radius 1 is 1.19 bits per heavy atom. The molecule has 1 unspecified atom stereocenters. The third kappa shape index (κ3) is 3.19. The number of hydrogen-bond acceptors (Lipinski definition) is 5. The molecule has 1 atom stereocenters. The highest BCUT2D eigenvalue weighted by molar-refractivity contribution is 8.00. The fourth-order valence-electron chi connectivity index (χ4n) is 2.95. The van der Waals surface area contributed by atoms with Crippen molar-refractivity contribution in [2.45, 2.75) is 29.3 Å². The molecule has 1 N–H and O–H groups in total. The molecule has 136 valence electrons. The molecule has 4 aromatic rings. The number of nitrogens with one attached hydrogen (secondary N) is 1. The predicted octanol–water partition coefficient (Wildman–Crippen LogP) is 4.20. The second-order valence-electron chi connectivity index (χ2n) is 6.50. The predicted molar refractivity (Wildman–Crippen MR) is 105 cm³/mol. The van der Waals surface area contributed by atoms with E-state index in [9.17, 15) is 9.18 Å². The molecule has 1 aliphatic rings. The van der Waals surface area contributed by atoms with Crippen molar-refractivity contribution in [3.63, 3.8) is 0 Å². The van der Waals surface area contributed by atoms with Crippen LogP contribution in [0.5, 0.6) is 0 Å². The number of thiazole rings is 1. The number of nitrogens with zero attached hydrogens (tertiary/aromatic N) is 3. The van der Waals surface area contributed by atoms with Crippen LogP contribution >= 0.6 is 23.1 Å². The number of fused-ring (bicyclic) bond motifs is 3. The normalized spacial score (nSPS) is 15.3. The van der Waals surface area contributed by atoms with Gasteiger partial charge < -0.3 is 5.32 Å². The quantitative estimate of drug-likeness (QED) is 0.512. The van der Waals surface area contributed by atoms with Crippen molar-refractivity contribution in [1.82, 2.24) is 19.9 Å². The number of carbonyl (C=O) groups excluding carboxylic acids is 1. The van der Waals surface area contributed by atoms with Crippen LogP contribution < -0.4 is 5.32 Å². The maximum atomic E-state index is 13.4. The van der Waals surface area contributed by atoms with Gasteiger partial charge >= 0.3 is 0 Å². The zero-order valence-corrected chi connectivity index (χ0v) is 15.8. The van der Waals surface area contributed by atoms with E-state index >= 15 is 0 Å². The van der Waals surface area contributed by atoms with Crippen LogP contribution in [0.15, 0.2) is 53.7 Å². The minimum atomic E-state index is -0.516. The molecule has 0 spiro atoms. The maximum absolute atomic E-state index is 13.4. The van der Waals surface area contributed by atoms with Crippen molar-refractivity contribution in [2.24, 2.45) is 0 Å². The Hall–Kier alpha value is -2.45. The average Bonchev–Trinajstić information content (AvgIpc) is 3.28. The van der Waals surface area contributed by atoms with E-state index in [-0.39, 0.29) is 17.8 Å². The molecule has 1 saturated carbocycles. The number of thioether (sulfide) groups is 1. The van der Waals surface area contributed by atoms with E-state index in [2.05, 4.69) is 15.5 Å². The third-order valence-electron chi connectivity index (χ3n) is 4.47. The summed E-state index contributed by atoms with van der Waals surface area (Å²) in [5.74, 6) is -0.399. The lowest BCUT2D eigenvalue weighted by atomic mass is 10.1.